The molecule has 0 aliphatic carbocycles. The smallest absolute Gasteiger partial charge is 0.246 e. The molecule has 2 amide bonds. The first-order chi connectivity index (χ1) is 8.70. The van der Waals surface area contributed by atoms with Crippen LogP contribution in [0.1, 0.15) is 27.7 Å². The quantitative estimate of drug-likeness (QED) is 0.800. The number of halogens is 1. The van der Waals surface area contributed by atoms with Crippen molar-refractivity contribution in [3.8, 4) is 0 Å². The van der Waals surface area contributed by atoms with Gasteiger partial charge in [0.1, 0.15) is 6.04 Å². The van der Waals surface area contributed by atoms with Gasteiger partial charge in [-0.3, -0.25) is 9.59 Å². The van der Waals surface area contributed by atoms with Crippen LogP contribution < -0.4 is 10.6 Å². The van der Waals surface area contributed by atoms with Crippen molar-refractivity contribution in [1.29, 1.82) is 0 Å². The standard InChI is InChI=1S/C14H19IN2O2/c1-9(16-13(19)14(2,3)4)12(18)17-11-7-5-6-10(15)8-11/h5-9H,1-4H3,(H,16,19)(H,17,18). The lowest BCUT2D eigenvalue weighted by atomic mass is 9.95. The van der Waals surface area contributed by atoms with Crippen molar-refractivity contribution in [3.63, 3.8) is 0 Å². The number of rotatable bonds is 3. The number of anilines is 1. The number of nitrogens with one attached hydrogen (secondary N) is 2. The SMILES string of the molecule is CC(NC(=O)C(C)(C)C)C(=O)Nc1cccc(I)c1. The van der Waals surface area contributed by atoms with Gasteiger partial charge in [-0.1, -0.05) is 26.8 Å². The van der Waals surface area contributed by atoms with Gasteiger partial charge in [0, 0.05) is 14.7 Å². The van der Waals surface area contributed by atoms with E-state index in [0.29, 0.717) is 0 Å². The molecule has 0 aliphatic rings. The molecule has 2 N–H and O–H groups in total. The second-order valence-electron chi connectivity index (χ2n) is 5.44. The summed E-state index contributed by atoms with van der Waals surface area (Å²) in [6.45, 7) is 7.11. The predicted octanol–water partition coefficient (Wildman–Crippen LogP) is 2.78. The van der Waals surface area contributed by atoms with Crippen molar-refractivity contribution >= 4 is 40.1 Å². The Morgan fingerprint density at radius 1 is 1.26 bits per heavy atom. The summed E-state index contributed by atoms with van der Waals surface area (Å²) >= 11 is 2.18. The van der Waals surface area contributed by atoms with Crippen molar-refractivity contribution in [2.75, 3.05) is 5.32 Å². The molecule has 0 bridgehead atoms. The van der Waals surface area contributed by atoms with E-state index in [0.717, 1.165) is 9.26 Å². The van der Waals surface area contributed by atoms with Crippen LogP contribution in [-0.4, -0.2) is 17.9 Å². The largest absolute Gasteiger partial charge is 0.344 e. The van der Waals surface area contributed by atoms with Crippen molar-refractivity contribution in [2.45, 2.75) is 33.7 Å². The number of benzene rings is 1. The maximum atomic E-state index is 12.0. The minimum atomic E-state index is -0.565. The lowest BCUT2D eigenvalue weighted by molar-refractivity contribution is -0.131. The second kappa shape index (κ2) is 6.36. The normalized spacial score (nSPS) is 12.7. The minimum absolute atomic E-state index is 0.141. The molecule has 19 heavy (non-hydrogen) atoms. The van der Waals surface area contributed by atoms with Gasteiger partial charge in [-0.05, 0) is 47.7 Å². The Hall–Kier alpha value is -1.11. The minimum Gasteiger partial charge on any atom is -0.344 e. The zero-order valence-corrected chi connectivity index (χ0v) is 13.7. The van der Waals surface area contributed by atoms with Crippen LogP contribution in [0.25, 0.3) is 0 Å². The summed E-state index contributed by atoms with van der Waals surface area (Å²) < 4.78 is 1.04. The molecular formula is C14H19IN2O2. The molecule has 0 radical (unpaired) electrons. The molecule has 1 unspecified atom stereocenters. The van der Waals surface area contributed by atoms with Crippen LogP contribution in [0.15, 0.2) is 24.3 Å². The topological polar surface area (TPSA) is 58.2 Å². The Kier molecular flexibility index (Phi) is 5.34. The molecule has 1 rings (SSSR count). The van der Waals surface area contributed by atoms with Gasteiger partial charge in [-0.2, -0.15) is 0 Å². The van der Waals surface area contributed by atoms with Gasteiger partial charge in [0.15, 0.2) is 0 Å². The molecule has 0 saturated heterocycles. The summed E-state index contributed by atoms with van der Waals surface area (Å²) in [6.07, 6.45) is 0. The molecule has 0 fully saturated rings. The Balaban J connectivity index is 2.61. The number of amides is 2. The average Bonchev–Trinajstić information content (AvgIpc) is 2.27. The molecule has 1 aromatic rings. The molecule has 1 atom stereocenters. The van der Waals surface area contributed by atoms with Crippen LogP contribution in [-0.2, 0) is 9.59 Å². The van der Waals surface area contributed by atoms with Crippen molar-refractivity contribution < 1.29 is 9.59 Å². The lowest BCUT2D eigenvalue weighted by Crippen LogP contribution is -2.46. The van der Waals surface area contributed by atoms with Gasteiger partial charge >= 0.3 is 0 Å². The highest BCUT2D eigenvalue weighted by Crippen LogP contribution is 2.14. The Labute approximate surface area is 127 Å². The lowest BCUT2D eigenvalue weighted by Gasteiger charge is -2.21. The van der Waals surface area contributed by atoms with Gasteiger partial charge in [-0.25, -0.2) is 0 Å². The zero-order chi connectivity index (χ0) is 14.6. The van der Waals surface area contributed by atoms with Crippen molar-refractivity contribution in [1.82, 2.24) is 5.32 Å². The molecular weight excluding hydrogens is 355 g/mol. The van der Waals surface area contributed by atoms with Gasteiger partial charge < -0.3 is 10.6 Å². The highest BCUT2D eigenvalue weighted by atomic mass is 127. The van der Waals surface area contributed by atoms with E-state index < -0.39 is 11.5 Å². The third-order valence-corrected chi connectivity index (χ3v) is 3.19. The van der Waals surface area contributed by atoms with Gasteiger partial charge in [0.2, 0.25) is 11.8 Å². The third kappa shape index (κ3) is 5.18. The molecule has 0 saturated carbocycles. The van der Waals surface area contributed by atoms with Crippen molar-refractivity contribution in [2.24, 2.45) is 5.41 Å². The Morgan fingerprint density at radius 2 is 1.89 bits per heavy atom. The van der Waals surface area contributed by atoms with Gasteiger partial charge in [0.25, 0.3) is 0 Å². The average molecular weight is 374 g/mol. The van der Waals surface area contributed by atoms with E-state index in [1.54, 1.807) is 6.92 Å². The summed E-state index contributed by atoms with van der Waals surface area (Å²) in [5, 5.41) is 5.48. The van der Waals surface area contributed by atoms with Crippen LogP contribution in [0.5, 0.6) is 0 Å². The number of carbonyl (C=O) groups is 2. The van der Waals surface area contributed by atoms with Crippen LogP contribution in [0.4, 0.5) is 5.69 Å². The molecule has 0 spiro atoms. The summed E-state index contributed by atoms with van der Waals surface area (Å²) in [5.74, 6) is -0.364. The van der Waals surface area contributed by atoms with Crippen LogP contribution in [0.3, 0.4) is 0 Å². The first-order valence-corrected chi connectivity index (χ1v) is 7.15. The first kappa shape index (κ1) is 15.9. The van der Waals surface area contributed by atoms with Gasteiger partial charge in [0.05, 0.1) is 0 Å². The number of hydrogen-bond acceptors (Lipinski definition) is 2. The number of hydrogen-bond donors (Lipinski definition) is 2. The molecule has 0 aliphatic heterocycles. The Morgan fingerprint density at radius 3 is 2.42 bits per heavy atom. The fraction of sp³-hybridized carbons (Fsp3) is 0.429. The molecule has 104 valence electrons. The maximum Gasteiger partial charge on any atom is 0.246 e. The molecule has 0 aromatic heterocycles. The van der Waals surface area contributed by atoms with E-state index in [2.05, 4.69) is 33.2 Å². The Bertz CT molecular complexity index is 481. The predicted molar refractivity (Wildman–Crippen MR) is 84.8 cm³/mol. The van der Waals surface area contributed by atoms with E-state index in [1.165, 1.54) is 0 Å². The highest BCUT2D eigenvalue weighted by Gasteiger charge is 2.25. The molecule has 4 nitrogen and oxygen atoms in total. The first-order valence-electron chi connectivity index (χ1n) is 6.07. The fourth-order valence-electron chi connectivity index (χ4n) is 1.30. The van der Waals surface area contributed by atoms with Crippen LogP contribution in [0, 0.1) is 8.99 Å². The maximum absolute atomic E-state index is 12.0. The van der Waals surface area contributed by atoms with E-state index in [4.69, 9.17) is 0 Å². The third-order valence-electron chi connectivity index (χ3n) is 2.51. The van der Waals surface area contributed by atoms with E-state index >= 15 is 0 Å². The fourth-order valence-corrected chi connectivity index (χ4v) is 1.84. The summed E-state index contributed by atoms with van der Waals surface area (Å²) in [5.41, 5.74) is 0.227. The zero-order valence-electron chi connectivity index (χ0n) is 11.6. The second-order valence-corrected chi connectivity index (χ2v) is 6.69. The van der Waals surface area contributed by atoms with E-state index in [9.17, 15) is 9.59 Å². The highest BCUT2D eigenvalue weighted by molar-refractivity contribution is 14.1. The molecule has 0 heterocycles. The van der Waals surface area contributed by atoms with Crippen LogP contribution >= 0.6 is 22.6 Å². The monoisotopic (exact) mass is 374 g/mol. The molecule has 5 heteroatoms. The van der Waals surface area contributed by atoms with Crippen LogP contribution in [0.2, 0.25) is 0 Å². The van der Waals surface area contributed by atoms with E-state index in [-0.39, 0.29) is 11.8 Å². The van der Waals surface area contributed by atoms with Crippen molar-refractivity contribution in [3.05, 3.63) is 27.8 Å². The summed E-state index contributed by atoms with van der Waals surface area (Å²) in [7, 11) is 0. The molecule has 1 aromatic carbocycles. The summed E-state index contributed by atoms with van der Waals surface area (Å²) in [4.78, 5) is 23.8. The summed E-state index contributed by atoms with van der Waals surface area (Å²) in [6, 6.07) is 6.94. The van der Waals surface area contributed by atoms with E-state index in [1.807, 2.05) is 45.0 Å². The van der Waals surface area contributed by atoms with Gasteiger partial charge in [-0.15, -0.1) is 0 Å². The number of carbonyl (C=O) groups excluding carboxylic acids is 2.